The Balaban J connectivity index is 1.18. The highest BCUT2D eigenvalue weighted by Crippen LogP contribution is 2.45. The second-order valence-corrected chi connectivity index (χ2v) is 17.1. The van der Waals surface area contributed by atoms with Crippen LogP contribution in [0.5, 0.6) is 0 Å². The number of fused-ring (bicyclic) bond motifs is 3. The Kier molecular flexibility index (Phi) is 10.3. The minimum Gasteiger partial charge on any atom is -0.399 e. The van der Waals surface area contributed by atoms with Gasteiger partial charge in [0.25, 0.3) is 0 Å². The Morgan fingerprint density at radius 2 is 0.588 bits per heavy atom. The first-order valence-electron chi connectivity index (χ1n) is 22.9. The molecule has 68 heavy (non-hydrogen) atoms. The smallest absolute Gasteiger partial charge is 0.164 e. The van der Waals surface area contributed by atoms with Gasteiger partial charge in [0.1, 0.15) is 0 Å². The van der Waals surface area contributed by atoms with Crippen molar-refractivity contribution in [2.75, 3.05) is 5.73 Å². The van der Waals surface area contributed by atoms with Crippen LogP contribution in [0.1, 0.15) is 0 Å². The van der Waals surface area contributed by atoms with E-state index in [4.69, 9.17) is 20.7 Å². The zero-order valence-corrected chi connectivity index (χ0v) is 37.0. The molecule has 0 aliphatic rings. The molecule has 5 nitrogen and oxygen atoms in total. The van der Waals surface area contributed by atoms with E-state index in [1.54, 1.807) is 0 Å². The molecule has 2 N–H and O–H groups in total. The second kappa shape index (κ2) is 17.3. The van der Waals surface area contributed by atoms with Crippen LogP contribution in [0.15, 0.2) is 249 Å². The molecule has 0 radical (unpaired) electrons. The summed E-state index contributed by atoms with van der Waals surface area (Å²) in [6, 6.07) is 87.4. The Hall–Kier alpha value is -9.19. The summed E-state index contributed by atoms with van der Waals surface area (Å²) >= 11 is 0. The van der Waals surface area contributed by atoms with Crippen LogP contribution in [-0.4, -0.2) is 19.5 Å². The highest BCUT2D eigenvalue weighted by Gasteiger charge is 2.24. The van der Waals surface area contributed by atoms with Crippen molar-refractivity contribution in [1.82, 2.24) is 19.5 Å². The maximum atomic E-state index is 6.64. The first-order valence-corrected chi connectivity index (χ1v) is 22.9. The van der Waals surface area contributed by atoms with E-state index in [-0.39, 0.29) is 0 Å². The summed E-state index contributed by atoms with van der Waals surface area (Å²) in [5.41, 5.74) is 24.3. The molecule has 0 aliphatic heterocycles. The third-order valence-corrected chi connectivity index (χ3v) is 12.8. The number of hydrogen-bond donors (Lipinski definition) is 1. The summed E-state index contributed by atoms with van der Waals surface area (Å²) in [7, 11) is 0. The van der Waals surface area contributed by atoms with Crippen LogP contribution in [0.2, 0.25) is 0 Å². The van der Waals surface area contributed by atoms with Crippen molar-refractivity contribution < 1.29 is 0 Å². The summed E-state index contributed by atoms with van der Waals surface area (Å²) in [6.07, 6.45) is 0. The van der Waals surface area contributed by atoms with E-state index in [1.165, 1.54) is 0 Å². The van der Waals surface area contributed by atoms with Crippen molar-refractivity contribution >= 4 is 27.5 Å². The molecule has 0 saturated carbocycles. The molecule has 0 amide bonds. The van der Waals surface area contributed by atoms with Crippen molar-refractivity contribution in [3.63, 3.8) is 0 Å². The number of anilines is 1. The van der Waals surface area contributed by atoms with E-state index in [2.05, 4.69) is 211 Å². The number of nitrogens with zero attached hydrogens (tertiary/aromatic N) is 4. The zero-order chi connectivity index (χ0) is 45.4. The Morgan fingerprint density at radius 1 is 0.265 bits per heavy atom. The fraction of sp³-hybridized carbons (Fsp3) is 0. The topological polar surface area (TPSA) is 69.6 Å². The number of nitrogens with two attached hydrogens (primary N) is 1. The minimum absolute atomic E-state index is 0.580. The van der Waals surface area contributed by atoms with E-state index in [1.807, 2.05) is 42.5 Å². The molecule has 12 aromatic rings. The van der Waals surface area contributed by atoms with E-state index in [0.717, 1.165) is 99.8 Å². The van der Waals surface area contributed by atoms with Gasteiger partial charge in [-0.25, -0.2) is 15.0 Å². The summed E-state index contributed by atoms with van der Waals surface area (Å²) in [5, 5.41) is 2.20. The molecule has 2 heterocycles. The van der Waals surface area contributed by atoms with Crippen LogP contribution in [0, 0.1) is 0 Å². The number of rotatable bonds is 9. The van der Waals surface area contributed by atoms with Gasteiger partial charge in [-0.1, -0.05) is 206 Å². The third-order valence-electron chi connectivity index (χ3n) is 12.8. The van der Waals surface area contributed by atoms with Gasteiger partial charge in [-0.2, -0.15) is 0 Å². The summed E-state index contributed by atoms with van der Waals surface area (Å²) < 4.78 is 2.43. The molecule has 0 saturated heterocycles. The first-order chi connectivity index (χ1) is 33.6. The molecule has 0 unspecified atom stereocenters. The molecule has 0 spiro atoms. The van der Waals surface area contributed by atoms with Crippen molar-refractivity contribution in [3.05, 3.63) is 249 Å². The Labute approximate surface area is 395 Å². The maximum absolute atomic E-state index is 6.64. The average molecular weight is 870 g/mol. The highest BCUT2D eigenvalue weighted by atomic mass is 15.0. The van der Waals surface area contributed by atoms with Crippen LogP contribution in [-0.2, 0) is 0 Å². The number of hydrogen-bond acceptors (Lipinski definition) is 4. The van der Waals surface area contributed by atoms with Crippen molar-refractivity contribution in [3.8, 4) is 95.5 Å². The van der Waals surface area contributed by atoms with Gasteiger partial charge < -0.3 is 10.3 Å². The lowest BCUT2D eigenvalue weighted by molar-refractivity contribution is 1.07. The van der Waals surface area contributed by atoms with Crippen LogP contribution in [0.25, 0.3) is 117 Å². The molecule has 0 bridgehead atoms. The summed E-state index contributed by atoms with van der Waals surface area (Å²) in [6.45, 7) is 0. The van der Waals surface area contributed by atoms with Gasteiger partial charge in [-0.3, -0.25) is 0 Å². The van der Waals surface area contributed by atoms with Crippen LogP contribution in [0.3, 0.4) is 0 Å². The molecular weight excluding hydrogens is 827 g/mol. The third kappa shape index (κ3) is 7.58. The molecule has 2 aromatic heterocycles. The fourth-order valence-corrected chi connectivity index (χ4v) is 9.42. The predicted molar refractivity (Wildman–Crippen MR) is 282 cm³/mol. The lowest BCUT2D eigenvalue weighted by Crippen LogP contribution is -2.04. The van der Waals surface area contributed by atoms with Gasteiger partial charge in [0.15, 0.2) is 17.5 Å². The molecule has 10 aromatic carbocycles. The SMILES string of the molecule is Nc1ccc2c(c1)c1cc(-c3ccccc3)ccc1n2-c1c(-c2ccc(-c3ccccc3)cc2)cc(-c2nc(-c3ccccc3)nc(-c3ccccc3)n2)cc1-c1ccc(-c2ccccc2)cc1. The lowest BCUT2D eigenvalue weighted by atomic mass is 9.91. The van der Waals surface area contributed by atoms with Gasteiger partial charge in [0.05, 0.1) is 16.7 Å². The van der Waals surface area contributed by atoms with Crippen LogP contribution < -0.4 is 5.73 Å². The molecular formula is C63H43N5. The largest absolute Gasteiger partial charge is 0.399 e. The minimum atomic E-state index is 0.580. The Morgan fingerprint density at radius 3 is 1.03 bits per heavy atom. The van der Waals surface area contributed by atoms with E-state index < -0.39 is 0 Å². The first kappa shape index (κ1) is 40.3. The number of benzene rings is 10. The van der Waals surface area contributed by atoms with E-state index in [0.29, 0.717) is 23.2 Å². The second-order valence-electron chi connectivity index (χ2n) is 17.1. The maximum Gasteiger partial charge on any atom is 0.164 e. The molecule has 0 fully saturated rings. The number of aromatic nitrogens is 4. The van der Waals surface area contributed by atoms with Gasteiger partial charge in [-0.05, 0) is 87.0 Å². The highest BCUT2D eigenvalue weighted by molar-refractivity contribution is 6.13. The molecule has 12 rings (SSSR count). The molecule has 0 aliphatic carbocycles. The fourth-order valence-electron chi connectivity index (χ4n) is 9.42. The van der Waals surface area contributed by atoms with Crippen molar-refractivity contribution in [1.29, 1.82) is 0 Å². The quantitative estimate of drug-likeness (QED) is 0.147. The van der Waals surface area contributed by atoms with E-state index in [9.17, 15) is 0 Å². The van der Waals surface area contributed by atoms with Crippen molar-refractivity contribution in [2.45, 2.75) is 0 Å². The summed E-state index contributed by atoms with van der Waals surface area (Å²) in [5.74, 6) is 1.79. The van der Waals surface area contributed by atoms with Gasteiger partial charge in [0, 0.05) is 44.3 Å². The standard InChI is InChI=1S/C63H43N5/c64-53-35-37-59-57(41-53)56-38-51(44-20-10-3-11-21-44)34-36-58(56)68(59)60-54(47-30-26-45(27-31-47)42-16-6-1-7-17-42)39-52(40-55(60)48-32-28-46(29-33-48)43-18-8-2-9-19-43)63-66-61(49-22-12-4-13-23-49)65-62(67-63)50-24-14-5-15-25-50/h1-41H,64H2. The average Bonchev–Trinajstić information content (AvgIpc) is 3.74. The van der Waals surface area contributed by atoms with Gasteiger partial charge in [0.2, 0.25) is 0 Å². The van der Waals surface area contributed by atoms with Crippen LogP contribution in [0.4, 0.5) is 5.69 Å². The van der Waals surface area contributed by atoms with Gasteiger partial charge in [-0.15, -0.1) is 0 Å². The molecule has 5 heteroatoms. The molecule has 0 atom stereocenters. The van der Waals surface area contributed by atoms with Crippen molar-refractivity contribution in [2.24, 2.45) is 0 Å². The number of nitrogen functional groups attached to an aromatic ring is 1. The normalized spacial score (nSPS) is 11.3. The lowest BCUT2D eigenvalue weighted by Gasteiger charge is -2.21. The van der Waals surface area contributed by atoms with Crippen LogP contribution >= 0.6 is 0 Å². The Bertz CT molecular complexity index is 3580. The van der Waals surface area contributed by atoms with E-state index >= 15 is 0 Å². The van der Waals surface area contributed by atoms with Gasteiger partial charge >= 0.3 is 0 Å². The zero-order valence-electron chi connectivity index (χ0n) is 37.0. The summed E-state index contributed by atoms with van der Waals surface area (Å²) in [4.78, 5) is 15.6. The predicted octanol–water partition coefficient (Wildman–Crippen LogP) is 15.9. The monoisotopic (exact) mass is 869 g/mol. The molecule has 320 valence electrons.